The van der Waals surface area contributed by atoms with Gasteiger partial charge < -0.3 is 4.74 Å². The molecule has 8 nitrogen and oxygen atoms in total. The van der Waals surface area contributed by atoms with Crippen molar-refractivity contribution in [2.75, 3.05) is 13.7 Å². The zero-order valence-corrected chi connectivity index (χ0v) is 17.5. The van der Waals surface area contributed by atoms with Crippen molar-refractivity contribution in [1.29, 1.82) is 0 Å². The Morgan fingerprint density at radius 2 is 2.03 bits per heavy atom. The van der Waals surface area contributed by atoms with Crippen molar-refractivity contribution in [2.45, 2.75) is 51.9 Å². The molecule has 2 fully saturated rings. The number of nitrogens with zero attached hydrogens (tertiary/aromatic N) is 5. The van der Waals surface area contributed by atoms with E-state index in [0.717, 1.165) is 36.3 Å². The van der Waals surface area contributed by atoms with Gasteiger partial charge in [0.25, 0.3) is 5.91 Å². The van der Waals surface area contributed by atoms with Gasteiger partial charge in [0.05, 0.1) is 19.2 Å². The lowest BCUT2D eigenvalue weighted by Crippen LogP contribution is -2.62. The third-order valence-electron chi connectivity index (χ3n) is 6.32. The van der Waals surface area contributed by atoms with E-state index in [1.807, 2.05) is 48.9 Å². The minimum Gasteiger partial charge on any atom is -0.375 e. The van der Waals surface area contributed by atoms with E-state index < -0.39 is 6.04 Å². The third kappa shape index (κ3) is 2.86. The van der Waals surface area contributed by atoms with Crippen molar-refractivity contribution < 1.29 is 18.9 Å². The molecular weight excluding hydrogens is 382 g/mol. The number of aliphatic imine (C=N–C) groups is 1. The second kappa shape index (κ2) is 7.05. The number of aromatic nitrogens is 2. The van der Waals surface area contributed by atoms with Crippen LogP contribution in [0, 0.1) is 13.8 Å². The summed E-state index contributed by atoms with van der Waals surface area (Å²) in [6.07, 6.45) is 4.22. The molecule has 8 heteroatoms. The highest BCUT2D eigenvalue weighted by atomic mass is 16.5. The molecule has 4 heterocycles. The lowest BCUT2D eigenvalue weighted by atomic mass is 10.1. The third-order valence-corrected chi connectivity index (χ3v) is 6.32. The first-order valence-corrected chi connectivity index (χ1v) is 10.4. The molecule has 0 saturated carbocycles. The van der Waals surface area contributed by atoms with E-state index in [9.17, 15) is 9.59 Å². The molecule has 3 aliphatic heterocycles. The Morgan fingerprint density at radius 3 is 2.77 bits per heavy atom. The fourth-order valence-corrected chi connectivity index (χ4v) is 4.55. The Kier molecular flexibility index (Phi) is 4.47. The van der Waals surface area contributed by atoms with E-state index >= 15 is 0 Å². The van der Waals surface area contributed by atoms with E-state index in [-0.39, 0.29) is 24.6 Å². The maximum absolute atomic E-state index is 13.4. The Labute approximate surface area is 175 Å². The predicted molar refractivity (Wildman–Crippen MR) is 109 cm³/mol. The lowest BCUT2D eigenvalue weighted by molar-refractivity contribution is -0.677. The Hall–Kier alpha value is -3.00. The molecule has 2 aromatic rings. The standard InChI is InChI=1S/C22H26N5O3/c1-14-7-4-5-8-16(14)12-27-20(28)18-19(24(3)22(27)29)23-21-25(15(2)11-26(18)21)13-17-9-6-10-30-17/h4-5,7-8,11,17-18H,6,9-10,12-13H2,1-3H3/q+1. The van der Waals surface area contributed by atoms with Crippen molar-refractivity contribution in [3.8, 4) is 0 Å². The summed E-state index contributed by atoms with van der Waals surface area (Å²) in [6, 6.07) is 6.86. The molecule has 0 N–H and O–H groups in total. The maximum atomic E-state index is 13.4. The molecule has 0 aliphatic carbocycles. The van der Waals surface area contributed by atoms with E-state index in [2.05, 4.69) is 4.57 Å². The average molecular weight is 408 g/mol. The molecule has 2 unspecified atom stereocenters. The number of benzene rings is 1. The topological polar surface area (TPSA) is 71.0 Å². The number of hydrogen-bond acceptors (Lipinski definition) is 4. The number of imide groups is 1. The second-order valence-electron chi connectivity index (χ2n) is 8.29. The number of amidine groups is 1. The van der Waals surface area contributed by atoms with Crippen molar-refractivity contribution in [1.82, 2.24) is 14.4 Å². The van der Waals surface area contributed by atoms with Crippen LogP contribution in [0.25, 0.3) is 0 Å². The number of urea groups is 1. The molecule has 5 rings (SSSR count). The number of carbonyl (C=O) groups excluding carboxylic acids is 2. The number of hydrogen-bond donors (Lipinski definition) is 0. The number of ether oxygens (including phenoxy) is 1. The van der Waals surface area contributed by atoms with E-state index in [4.69, 9.17) is 9.73 Å². The smallest absolute Gasteiger partial charge is 0.375 e. The Bertz CT molecular complexity index is 1070. The van der Waals surface area contributed by atoms with Crippen LogP contribution >= 0.6 is 0 Å². The number of carbonyl (C=O) groups is 2. The summed E-state index contributed by atoms with van der Waals surface area (Å²) in [5.41, 5.74) is 3.04. The van der Waals surface area contributed by atoms with E-state index in [1.165, 1.54) is 9.80 Å². The number of likely N-dealkylation sites (N-methyl/N-ethyl adjacent to an activating group) is 1. The van der Waals surface area contributed by atoms with Crippen LogP contribution in [0.3, 0.4) is 0 Å². The molecule has 30 heavy (non-hydrogen) atoms. The molecular formula is C22H26N5O3+. The van der Waals surface area contributed by atoms with Gasteiger partial charge in [0.2, 0.25) is 11.9 Å². The molecule has 2 atom stereocenters. The highest BCUT2D eigenvalue weighted by Crippen LogP contribution is 2.31. The van der Waals surface area contributed by atoms with Gasteiger partial charge in [0.15, 0.2) is 0 Å². The zero-order chi connectivity index (χ0) is 21.0. The van der Waals surface area contributed by atoms with Crippen LogP contribution in [0.4, 0.5) is 10.7 Å². The first-order chi connectivity index (χ1) is 14.5. The molecule has 0 radical (unpaired) electrons. The molecule has 3 amide bonds. The average Bonchev–Trinajstić information content (AvgIpc) is 3.43. The van der Waals surface area contributed by atoms with Gasteiger partial charge in [-0.25, -0.2) is 13.9 Å². The van der Waals surface area contributed by atoms with Gasteiger partial charge in [0.1, 0.15) is 11.9 Å². The maximum Gasteiger partial charge on any atom is 0.402 e. The number of rotatable bonds is 4. The number of imidazole rings is 1. The largest absolute Gasteiger partial charge is 0.402 e. The van der Waals surface area contributed by atoms with E-state index in [0.29, 0.717) is 18.3 Å². The van der Waals surface area contributed by atoms with Crippen LogP contribution < -0.4 is 4.57 Å². The summed E-state index contributed by atoms with van der Waals surface area (Å²) in [5.74, 6) is 0.953. The molecule has 0 spiro atoms. The summed E-state index contributed by atoms with van der Waals surface area (Å²) >= 11 is 0. The second-order valence-corrected chi connectivity index (χ2v) is 8.29. The summed E-state index contributed by atoms with van der Waals surface area (Å²) in [4.78, 5) is 34.0. The van der Waals surface area contributed by atoms with Gasteiger partial charge in [0, 0.05) is 13.7 Å². The quantitative estimate of drug-likeness (QED) is 0.729. The summed E-state index contributed by atoms with van der Waals surface area (Å²) in [6.45, 7) is 5.76. The van der Waals surface area contributed by atoms with Crippen molar-refractivity contribution in [3.63, 3.8) is 0 Å². The first kappa shape index (κ1) is 19.0. The van der Waals surface area contributed by atoms with Crippen LogP contribution in [0.5, 0.6) is 0 Å². The summed E-state index contributed by atoms with van der Waals surface area (Å²) in [7, 11) is 1.69. The van der Waals surface area contributed by atoms with Gasteiger partial charge >= 0.3 is 12.0 Å². The SMILES string of the molecule is Cc1ccccc1CN1C(=O)C2C(=Nc3n(CC4CCCO4)c(C)c[n+]32)N(C)C1=O. The highest BCUT2D eigenvalue weighted by Gasteiger charge is 2.53. The summed E-state index contributed by atoms with van der Waals surface area (Å²) < 4.78 is 9.79. The van der Waals surface area contributed by atoms with E-state index in [1.54, 1.807) is 7.05 Å². The summed E-state index contributed by atoms with van der Waals surface area (Å²) in [5, 5.41) is 0. The molecule has 0 bridgehead atoms. The number of fused-ring (bicyclic) bond motifs is 3. The monoisotopic (exact) mass is 408 g/mol. The van der Waals surface area contributed by atoms with Crippen LogP contribution in [0.15, 0.2) is 35.5 Å². The molecule has 156 valence electrons. The van der Waals surface area contributed by atoms with Crippen LogP contribution in [-0.2, 0) is 22.6 Å². The number of amides is 3. The Morgan fingerprint density at radius 1 is 1.23 bits per heavy atom. The van der Waals surface area contributed by atoms with Gasteiger partial charge in [-0.3, -0.25) is 14.6 Å². The van der Waals surface area contributed by atoms with Crippen LogP contribution in [0.1, 0.15) is 35.7 Å². The molecule has 2 saturated heterocycles. The van der Waals surface area contributed by atoms with Gasteiger partial charge in [-0.05, 0) is 37.8 Å². The zero-order valence-electron chi connectivity index (χ0n) is 17.5. The fraction of sp³-hybridized carbons (Fsp3) is 0.455. The van der Waals surface area contributed by atoms with Crippen molar-refractivity contribution in [2.24, 2.45) is 4.99 Å². The minimum atomic E-state index is -0.615. The molecule has 1 aromatic heterocycles. The van der Waals surface area contributed by atoms with Crippen LogP contribution in [-0.4, -0.2) is 51.9 Å². The van der Waals surface area contributed by atoms with Gasteiger partial charge in [-0.2, -0.15) is 0 Å². The lowest BCUT2D eigenvalue weighted by Gasteiger charge is -2.33. The minimum absolute atomic E-state index is 0.163. The van der Waals surface area contributed by atoms with Gasteiger partial charge in [-0.15, -0.1) is 0 Å². The van der Waals surface area contributed by atoms with Crippen molar-refractivity contribution >= 4 is 23.7 Å². The fourth-order valence-electron chi connectivity index (χ4n) is 4.55. The normalized spacial score (nSPS) is 23.1. The molecule has 3 aliphatic rings. The number of aryl methyl sites for hydroxylation is 2. The predicted octanol–water partition coefficient (Wildman–Crippen LogP) is 2.25. The first-order valence-electron chi connectivity index (χ1n) is 10.4. The van der Waals surface area contributed by atoms with Crippen molar-refractivity contribution in [3.05, 3.63) is 47.3 Å². The molecule has 1 aromatic carbocycles. The Balaban J connectivity index is 1.49. The van der Waals surface area contributed by atoms with Gasteiger partial charge in [-0.1, -0.05) is 29.3 Å². The van der Waals surface area contributed by atoms with Crippen LogP contribution in [0.2, 0.25) is 0 Å². The highest BCUT2D eigenvalue weighted by molar-refractivity contribution is 6.19.